The topological polar surface area (TPSA) is 127 Å². The monoisotopic (exact) mass is 521 g/mol. The molecule has 4 saturated carbocycles. The molecule has 4 aliphatic carbocycles. The Balaban J connectivity index is 0.00000342. The first-order chi connectivity index (χ1) is 15.8. The summed E-state index contributed by atoms with van der Waals surface area (Å²) in [6.45, 7) is 6.96. The van der Waals surface area contributed by atoms with E-state index in [0.717, 1.165) is 38.5 Å². The number of fused-ring (bicyclic) bond motifs is 5. The average Bonchev–Trinajstić information content (AvgIpc) is 3.10. The van der Waals surface area contributed by atoms with Gasteiger partial charge in [-0.1, -0.05) is 20.8 Å². The molecule has 0 bridgehead atoms. The molecule has 0 aromatic rings. The number of hydrogen-bond donors (Lipinski definition) is 3. The van der Waals surface area contributed by atoms with Crippen molar-refractivity contribution in [2.75, 3.05) is 12.3 Å². The maximum Gasteiger partial charge on any atom is 1.00 e. The van der Waals surface area contributed by atoms with Gasteiger partial charge in [-0.25, -0.2) is 8.42 Å². The van der Waals surface area contributed by atoms with Crippen LogP contribution in [-0.2, 0) is 14.9 Å². The number of amides is 1. The van der Waals surface area contributed by atoms with Crippen LogP contribution < -0.4 is 34.9 Å². The number of carbonyl (C=O) groups is 1. The van der Waals surface area contributed by atoms with Crippen LogP contribution in [0.2, 0.25) is 0 Å². The van der Waals surface area contributed by atoms with Crippen molar-refractivity contribution >= 4 is 16.0 Å². The van der Waals surface area contributed by atoms with Crippen LogP contribution >= 0.6 is 0 Å². The van der Waals surface area contributed by atoms with Crippen molar-refractivity contribution in [2.45, 2.75) is 97.2 Å². The number of hydrogen-bond acceptors (Lipinski definition) is 6. The SMILES string of the molecule is CC(CCC(=O)NCCS(=O)(=O)[O-])[C@H]1CCC2C3C[C@H](O)C4C[C@H](O)CC[C@]4(C)C3CC[C@@]21C.[Na+]. The first kappa shape index (κ1) is 29.9. The van der Waals surface area contributed by atoms with Gasteiger partial charge < -0.3 is 20.1 Å². The zero-order valence-electron chi connectivity index (χ0n) is 22.0. The molecule has 35 heavy (non-hydrogen) atoms. The molecule has 9 heteroatoms. The summed E-state index contributed by atoms with van der Waals surface area (Å²) < 4.78 is 32.2. The average molecular weight is 522 g/mol. The van der Waals surface area contributed by atoms with E-state index in [1.165, 1.54) is 19.3 Å². The van der Waals surface area contributed by atoms with Crippen LogP contribution in [0.15, 0.2) is 0 Å². The van der Waals surface area contributed by atoms with Gasteiger partial charge in [-0.15, -0.1) is 0 Å². The molecule has 0 aliphatic heterocycles. The minimum atomic E-state index is -4.31. The van der Waals surface area contributed by atoms with E-state index in [-0.39, 0.29) is 71.0 Å². The van der Waals surface area contributed by atoms with Crippen molar-refractivity contribution in [2.24, 2.45) is 46.3 Å². The predicted molar refractivity (Wildman–Crippen MR) is 129 cm³/mol. The van der Waals surface area contributed by atoms with Crippen molar-refractivity contribution in [3.05, 3.63) is 0 Å². The summed E-state index contributed by atoms with van der Waals surface area (Å²) in [4.78, 5) is 12.2. The fourth-order valence-electron chi connectivity index (χ4n) is 9.22. The molecule has 10 atom stereocenters. The molecule has 4 rings (SSSR count). The van der Waals surface area contributed by atoms with Crippen molar-refractivity contribution in [3.8, 4) is 0 Å². The first-order valence-corrected chi connectivity index (χ1v) is 15.0. The summed E-state index contributed by atoms with van der Waals surface area (Å²) in [5.41, 5.74) is 0.354. The van der Waals surface area contributed by atoms with Gasteiger partial charge in [0, 0.05) is 13.0 Å². The third-order valence-corrected chi connectivity index (χ3v) is 11.6. The second kappa shape index (κ2) is 11.2. The minimum Gasteiger partial charge on any atom is -0.748 e. The van der Waals surface area contributed by atoms with Gasteiger partial charge in [-0.2, -0.15) is 0 Å². The number of nitrogens with one attached hydrogen (secondary N) is 1. The van der Waals surface area contributed by atoms with Crippen LogP contribution in [0.3, 0.4) is 0 Å². The van der Waals surface area contributed by atoms with Gasteiger partial charge in [0.1, 0.15) is 0 Å². The van der Waals surface area contributed by atoms with E-state index in [1.54, 1.807) is 0 Å². The third kappa shape index (κ3) is 5.99. The van der Waals surface area contributed by atoms with E-state index in [1.807, 2.05) is 0 Å². The molecule has 1 amide bonds. The van der Waals surface area contributed by atoms with Gasteiger partial charge in [0.25, 0.3) is 0 Å². The largest absolute Gasteiger partial charge is 1.00 e. The summed E-state index contributed by atoms with van der Waals surface area (Å²) in [6, 6.07) is 0. The number of aliphatic hydroxyl groups is 2. The molecule has 0 aromatic heterocycles. The Morgan fingerprint density at radius 3 is 2.37 bits per heavy atom. The van der Waals surface area contributed by atoms with Crippen molar-refractivity contribution < 1.29 is 57.5 Å². The molecule has 0 aromatic carbocycles. The minimum absolute atomic E-state index is 0. The van der Waals surface area contributed by atoms with Crippen LogP contribution in [0.4, 0.5) is 0 Å². The normalized spacial score (nSPS) is 43.8. The Labute approximate surface area is 233 Å². The number of aliphatic hydroxyl groups excluding tert-OH is 2. The fraction of sp³-hybridized carbons (Fsp3) is 0.962. The summed E-state index contributed by atoms with van der Waals surface area (Å²) in [5.74, 6) is 2.17. The van der Waals surface area contributed by atoms with Crippen LogP contribution in [-0.4, -0.2) is 53.6 Å². The van der Waals surface area contributed by atoms with Crippen molar-refractivity contribution in [3.63, 3.8) is 0 Å². The molecule has 0 saturated heterocycles. The van der Waals surface area contributed by atoms with E-state index in [4.69, 9.17) is 0 Å². The maximum absolute atomic E-state index is 12.2. The van der Waals surface area contributed by atoms with Gasteiger partial charge in [0.2, 0.25) is 5.91 Å². The molecule has 0 heterocycles. The summed E-state index contributed by atoms with van der Waals surface area (Å²) >= 11 is 0. The van der Waals surface area contributed by atoms with Crippen molar-refractivity contribution in [1.82, 2.24) is 5.32 Å². The molecule has 7 nitrogen and oxygen atoms in total. The Kier molecular flexibility index (Phi) is 9.54. The van der Waals surface area contributed by atoms with Gasteiger partial charge in [-0.3, -0.25) is 4.79 Å². The Morgan fingerprint density at radius 1 is 1.03 bits per heavy atom. The fourth-order valence-corrected chi connectivity index (χ4v) is 9.57. The third-order valence-electron chi connectivity index (χ3n) is 10.9. The quantitative estimate of drug-likeness (QED) is 0.321. The Hall–Kier alpha value is 0.300. The molecule has 4 aliphatic rings. The molecule has 5 unspecified atom stereocenters. The molecule has 3 N–H and O–H groups in total. The smallest absolute Gasteiger partial charge is 0.748 e. The standard InChI is InChI=1S/C26H45NO6S.Na/c1-16(4-7-24(30)27-12-13-34(31,32)33)19-5-6-20-18-15-23(29)22-14-17(28)8-10-26(22,3)21(18)9-11-25(19,20)2;/h16-23,28-29H,4-15H2,1-3H3,(H,27,30)(H,31,32,33);/q;+1/p-1/t16?,17-,18?,19-,20?,21?,22?,23+,25-,26-;/m1./s1. The van der Waals surface area contributed by atoms with E-state index in [9.17, 15) is 28.0 Å². The Morgan fingerprint density at radius 2 is 1.69 bits per heavy atom. The van der Waals surface area contributed by atoms with E-state index >= 15 is 0 Å². The van der Waals surface area contributed by atoms with E-state index in [2.05, 4.69) is 26.1 Å². The molecular weight excluding hydrogens is 477 g/mol. The predicted octanol–water partition coefficient (Wildman–Crippen LogP) is 0.0587. The molecule has 0 radical (unpaired) electrons. The molecule has 196 valence electrons. The van der Waals surface area contributed by atoms with Gasteiger partial charge in [0.15, 0.2) is 0 Å². The molecular formula is C26H44NNaO6S. The zero-order chi connectivity index (χ0) is 24.9. The van der Waals surface area contributed by atoms with Gasteiger partial charge in [-0.05, 0) is 104 Å². The van der Waals surface area contributed by atoms with Gasteiger partial charge >= 0.3 is 29.6 Å². The number of rotatable bonds is 7. The molecule has 4 fully saturated rings. The van der Waals surface area contributed by atoms with Crippen LogP contribution in [0, 0.1) is 46.3 Å². The Bertz CT molecular complexity index is 870. The van der Waals surface area contributed by atoms with Crippen LogP contribution in [0.5, 0.6) is 0 Å². The van der Waals surface area contributed by atoms with Crippen molar-refractivity contribution in [1.29, 1.82) is 0 Å². The molecule has 0 spiro atoms. The second-order valence-electron chi connectivity index (χ2n) is 12.6. The van der Waals surface area contributed by atoms with Gasteiger partial charge in [0.05, 0.1) is 28.1 Å². The summed E-state index contributed by atoms with van der Waals surface area (Å²) in [6.07, 6.45) is 8.75. The van der Waals surface area contributed by atoms with E-state index in [0.29, 0.717) is 36.0 Å². The first-order valence-electron chi connectivity index (χ1n) is 13.4. The number of carbonyl (C=O) groups excluding carboxylic acids is 1. The van der Waals surface area contributed by atoms with Crippen LogP contribution in [0.1, 0.15) is 85.0 Å². The second-order valence-corrected chi connectivity index (χ2v) is 14.1. The van der Waals surface area contributed by atoms with E-state index < -0.39 is 15.9 Å². The zero-order valence-corrected chi connectivity index (χ0v) is 24.9. The van der Waals surface area contributed by atoms with Crippen LogP contribution in [0.25, 0.3) is 0 Å². The maximum atomic E-state index is 12.2. The summed E-state index contributed by atoms with van der Waals surface area (Å²) in [7, 11) is -4.31. The summed E-state index contributed by atoms with van der Waals surface area (Å²) in [5, 5.41) is 24.0.